The van der Waals surface area contributed by atoms with Gasteiger partial charge in [-0.3, -0.25) is 4.79 Å². The SMILES string of the molecule is CCC(C)(CCO)NC(=O)C1CC1c1ccc(F)cc1. The molecule has 3 nitrogen and oxygen atoms in total. The van der Waals surface area contributed by atoms with E-state index in [0.717, 1.165) is 18.4 Å². The van der Waals surface area contributed by atoms with Crippen LogP contribution in [0.25, 0.3) is 0 Å². The molecule has 2 N–H and O–H groups in total. The van der Waals surface area contributed by atoms with Crippen LogP contribution in [0.1, 0.15) is 44.6 Å². The Bertz CT molecular complexity index is 474. The summed E-state index contributed by atoms with van der Waals surface area (Å²) < 4.78 is 12.9. The van der Waals surface area contributed by atoms with Crippen molar-refractivity contribution in [3.63, 3.8) is 0 Å². The second-order valence-corrected chi connectivity index (χ2v) is 5.88. The van der Waals surface area contributed by atoms with Crippen LogP contribution < -0.4 is 5.32 Å². The molecule has 1 aromatic rings. The summed E-state index contributed by atoms with van der Waals surface area (Å²) in [6.07, 6.45) is 2.16. The van der Waals surface area contributed by atoms with E-state index >= 15 is 0 Å². The third-order valence-electron chi connectivity index (χ3n) is 4.29. The molecule has 0 spiro atoms. The Hall–Kier alpha value is -1.42. The molecule has 20 heavy (non-hydrogen) atoms. The molecule has 1 amide bonds. The fourth-order valence-corrected chi connectivity index (χ4v) is 2.53. The number of amides is 1. The van der Waals surface area contributed by atoms with Crippen LogP contribution in [0, 0.1) is 11.7 Å². The minimum Gasteiger partial charge on any atom is -0.396 e. The van der Waals surface area contributed by atoms with Gasteiger partial charge in [0.05, 0.1) is 0 Å². The maximum absolute atomic E-state index is 12.9. The highest BCUT2D eigenvalue weighted by Gasteiger charge is 2.45. The van der Waals surface area contributed by atoms with Gasteiger partial charge in [-0.25, -0.2) is 4.39 Å². The van der Waals surface area contributed by atoms with E-state index in [-0.39, 0.29) is 35.7 Å². The molecule has 1 aliphatic carbocycles. The number of rotatable bonds is 6. The Morgan fingerprint density at radius 3 is 2.65 bits per heavy atom. The largest absolute Gasteiger partial charge is 0.396 e. The first-order valence-electron chi connectivity index (χ1n) is 7.17. The van der Waals surface area contributed by atoms with Crippen LogP contribution in [-0.2, 0) is 4.79 Å². The van der Waals surface area contributed by atoms with E-state index in [1.807, 2.05) is 13.8 Å². The van der Waals surface area contributed by atoms with E-state index < -0.39 is 0 Å². The number of halogens is 1. The molecule has 110 valence electrons. The van der Waals surface area contributed by atoms with Gasteiger partial charge < -0.3 is 10.4 Å². The van der Waals surface area contributed by atoms with E-state index in [4.69, 9.17) is 5.11 Å². The van der Waals surface area contributed by atoms with Crippen LogP contribution in [0.3, 0.4) is 0 Å². The zero-order valence-electron chi connectivity index (χ0n) is 12.0. The summed E-state index contributed by atoms with van der Waals surface area (Å²) in [6, 6.07) is 6.37. The molecule has 1 fully saturated rings. The smallest absolute Gasteiger partial charge is 0.224 e. The predicted octanol–water partition coefficient (Wildman–Crippen LogP) is 2.60. The van der Waals surface area contributed by atoms with Crippen LogP contribution in [0.5, 0.6) is 0 Å². The Labute approximate surface area is 119 Å². The van der Waals surface area contributed by atoms with Crippen LogP contribution >= 0.6 is 0 Å². The molecule has 0 radical (unpaired) electrons. The van der Waals surface area contributed by atoms with Gasteiger partial charge >= 0.3 is 0 Å². The van der Waals surface area contributed by atoms with Crippen LogP contribution in [0.2, 0.25) is 0 Å². The number of aliphatic hydroxyl groups excluding tert-OH is 1. The second kappa shape index (κ2) is 5.92. The Kier molecular flexibility index (Phi) is 4.43. The second-order valence-electron chi connectivity index (χ2n) is 5.88. The lowest BCUT2D eigenvalue weighted by atomic mass is 9.94. The molecule has 0 heterocycles. The van der Waals surface area contributed by atoms with Crippen molar-refractivity contribution < 1.29 is 14.3 Å². The predicted molar refractivity (Wildman–Crippen MR) is 75.8 cm³/mol. The minimum atomic E-state index is -0.345. The molecule has 3 atom stereocenters. The quantitative estimate of drug-likeness (QED) is 0.841. The molecule has 3 unspecified atom stereocenters. The zero-order chi connectivity index (χ0) is 14.8. The first-order valence-corrected chi connectivity index (χ1v) is 7.17. The van der Waals surface area contributed by atoms with E-state index in [0.29, 0.717) is 6.42 Å². The number of aliphatic hydroxyl groups is 1. The van der Waals surface area contributed by atoms with Crippen molar-refractivity contribution in [3.8, 4) is 0 Å². The van der Waals surface area contributed by atoms with Crippen molar-refractivity contribution in [2.24, 2.45) is 5.92 Å². The topological polar surface area (TPSA) is 49.3 Å². The molecule has 4 heteroatoms. The third-order valence-corrected chi connectivity index (χ3v) is 4.29. The highest BCUT2D eigenvalue weighted by molar-refractivity contribution is 5.83. The van der Waals surface area contributed by atoms with Gasteiger partial charge in [0.2, 0.25) is 5.91 Å². The summed E-state index contributed by atoms with van der Waals surface area (Å²) >= 11 is 0. The summed E-state index contributed by atoms with van der Waals surface area (Å²) in [6.45, 7) is 4.02. The number of nitrogens with one attached hydrogen (secondary N) is 1. The fourth-order valence-electron chi connectivity index (χ4n) is 2.53. The molecule has 0 aliphatic heterocycles. The van der Waals surface area contributed by atoms with Gasteiger partial charge in [-0.05, 0) is 49.8 Å². The molecule has 1 aliphatic rings. The van der Waals surface area contributed by atoms with Gasteiger partial charge in [0.15, 0.2) is 0 Å². The Morgan fingerprint density at radius 1 is 1.45 bits per heavy atom. The average molecular weight is 279 g/mol. The van der Waals surface area contributed by atoms with Gasteiger partial charge in [0.1, 0.15) is 5.82 Å². The molecule has 0 aromatic heterocycles. The summed E-state index contributed by atoms with van der Waals surface area (Å²) in [7, 11) is 0. The molecular weight excluding hydrogens is 257 g/mol. The van der Waals surface area contributed by atoms with Gasteiger partial charge in [0.25, 0.3) is 0 Å². The summed E-state index contributed by atoms with van der Waals surface area (Å²) in [4.78, 5) is 12.2. The monoisotopic (exact) mass is 279 g/mol. The highest BCUT2D eigenvalue weighted by Crippen LogP contribution is 2.47. The summed E-state index contributed by atoms with van der Waals surface area (Å²) in [5, 5.41) is 12.1. The van der Waals surface area contributed by atoms with Crippen molar-refractivity contribution >= 4 is 5.91 Å². The first-order chi connectivity index (χ1) is 9.49. The zero-order valence-corrected chi connectivity index (χ0v) is 12.0. The van der Waals surface area contributed by atoms with Gasteiger partial charge in [-0.2, -0.15) is 0 Å². The maximum atomic E-state index is 12.9. The van der Waals surface area contributed by atoms with Crippen molar-refractivity contribution in [2.75, 3.05) is 6.61 Å². The summed E-state index contributed by atoms with van der Waals surface area (Å²) in [5.41, 5.74) is 0.675. The lowest BCUT2D eigenvalue weighted by Crippen LogP contribution is -2.47. The number of hydrogen-bond acceptors (Lipinski definition) is 2. The van der Waals surface area contributed by atoms with Crippen molar-refractivity contribution in [1.82, 2.24) is 5.32 Å². The van der Waals surface area contributed by atoms with Crippen molar-refractivity contribution in [1.29, 1.82) is 0 Å². The third kappa shape index (κ3) is 3.37. The molecule has 0 bridgehead atoms. The lowest BCUT2D eigenvalue weighted by molar-refractivity contribution is -0.124. The van der Waals surface area contributed by atoms with Crippen molar-refractivity contribution in [2.45, 2.75) is 44.6 Å². The number of benzene rings is 1. The van der Waals surface area contributed by atoms with E-state index in [9.17, 15) is 9.18 Å². The Morgan fingerprint density at radius 2 is 2.10 bits per heavy atom. The van der Waals surface area contributed by atoms with Crippen LogP contribution in [0.15, 0.2) is 24.3 Å². The molecule has 1 aromatic carbocycles. The standard InChI is InChI=1S/C16H22FNO2/c1-3-16(2,8-9-19)18-15(20)14-10-13(14)11-4-6-12(17)7-5-11/h4-7,13-14,19H,3,8-10H2,1-2H3,(H,18,20). The van der Waals surface area contributed by atoms with E-state index in [2.05, 4.69) is 5.32 Å². The number of carbonyl (C=O) groups excluding carboxylic acids is 1. The van der Waals surface area contributed by atoms with Crippen LogP contribution in [-0.4, -0.2) is 23.2 Å². The molecule has 0 saturated heterocycles. The fraction of sp³-hybridized carbons (Fsp3) is 0.562. The summed E-state index contributed by atoms with van der Waals surface area (Å²) in [5.74, 6) is -0.0371. The van der Waals surface area contributed by atoms with Gasteiger partial charge in [0, 0.05) is 18.1 Å². The lowest BCUT2D eigenvalue weighted by Gasteiger charge is -2.29. The van der Waals surface area contributed by atoms with Crippen LogP contribution in [0.4, 0.5) is 4.39 Å². The molecular formula is C16H22FNO2. The van der Waals surface area contributed by atoms with Gasteiger partial charge in [-0.15, -0.1) is 0 Å². The maximum Gasteiger partial charge on any atom is 0.224 e. The number of hydrogen-bond donors (Lipinski definition) is 2. The normalized spacial score (nSPS) is 24.0. The van der Waals surface area contributed by atoms with E-state index in [1.165, 1.54) is 12.1 Å². The first kappa shape index (κ1) is 15.0. The van der Waals surface area contributed by atoms with Crippen molar-refractivity contribution in [3.05, 3.63) is 35.6 Å². The van der Waals surface area contributed by atoms with E-state index in [1.54, 1.807) is 12.1 Å². The highest BCUT2D eigenvalue weighted by atomic mass is 19.1. The number of carbonyl (C=O) groups is 1. The molecule has 2 rings (SSSR count). The minimum absolute atomic E-state index is 0.0231. The molecule has 1 saturated carbocycles. The Balaban J connectivity index is 1.94. The average Bonchev–Trinajstić information content (AvgIpc) is 3.20. The van der Waals surface area contributed by atoms with Gasteiger partial charge in [-0.1, -0.05) is 19.1 Å².